The third-order valence-electron chi connectivity index (χ3n) is 2.36. The van der Waals surface area contributed by atoms with Crippen LogP contribution in [0.4, 0.5) is 0 Å². The topological polar surface area (TPSA) is 28.2 Å². The number of hydrogen-bond acceptors (Lipinski definition) is 4. The van der Waals surface area contributed by atoms with Crippen LogP contribution in [-0.2, 0) is 6.42 Å². The maximum Gasteiger partial charge on any atom is 0.104 e. The normalized spacial score (nSPS) is 17.1. The summed E-state index contributed by atoms with van der Waals surface area (Å²) in [5.74, 6) is 6.38. The van der Waals surface area contributed by atoms with Crippen molar-refractivity contribution in [1.82, 2.24) is 15.2 Å². The van der Waals surface area contributed by atoms with Crippen LogP contribution in [0.2, 0.25) is 0 Å². The molecule has 2 rings (SSSR count). The van der Waals surface area contributed by atoms with Gasteiger partial charge >= 0.3 is 0 Å². The molecule has 0 amide bonds. The summed E-state index contributed by atoms with van der Waals surface area (Å²) in [6.45, 7) is 5.31. The summed E-state index contributed by atoms with van der Waals surface area (Å²) in [6, 6.07) is 0. The van der Waals surface area contributed by atoms with Gasteiger partial charge < -0.3 is 5.32 Å². The van der Waals surface area contributed by atoms with E-state index < -0.39 is 0 Å². The highest BCUT2D eigenvalue weighted by Gasteiger charge is 2.06. The Hall–Kier alpha value is -0.890. The summed E-state index contributed by atoms with van der Waals surface area (Å²) in [6.07, 6.45) is 2.63. The fourth-order valence-electron chi connectivity index (χ4n) is 1.52. The summed E-state index contributed by atoms with van der Waals surface area (Å²) >= 11 is 1.67. The van der Waals surface area contributed by atoms with Crippen molar-refractivity contribution in [2.75, 3.05) is 32.7 Å². The minimum absolute atomic E-state index is 0.795. The first-order chi connectivity index (χ1) is 7.45. The summed E-state index contributed by atoms with van der Waals surface area (Å²) in [4.78, 5) is 6.57. The molecule has 1 aromatic rings. The lowest BCUT2D eigenvalue weighted by molar-refractivity contribution is 0.268. The summed E-state index contributed by atoms with van der Waals surface area (Å²) < 4.78 is 0. The molecule has 0 spiro atoms. The molecule has 1 aliphatic rings. The molecule has 0 aromatic carbocycles. The monoisotopic (exact) mass is 221 g/mol. The minimum Gasteiger partial charge on any atom is -0.314 e. The van der Waals surface area contributed by atoms with Crippen LogP contribution in [0.15, 0.2) is 11.6 Å². The van der Waals surface area contributed by atoms with Crippen molar-refractivity contribution in [3.05, 3.63) is 16.6 Å². The van der Waals surface area contributed by atoms with E-state index in [4.69, 9.17) is 0 Å². The Balaban J connectivity index is 1.70. The lowest BCUT2D eigenvalue weighted by Gasteiger charge is -2.24. The number of aromatic nitrogens is 1. The molecule has 0 saturated carbocycles. The van der Waals surface area contributed by atoms with Gasteiger partial charge in [-0.1, -0.05) is 11.8 Å². The van der Waals surface area contributed by atoms with Crippen molar-refractivity contribution in [2.24, 2.45) is 0 Å². The summed E-state index contributed by atoms with van der Waals surface area (Å²) in [7, 11) is 0. The number of hydrogen-bond donors (Lipinski definition) is 1. The highest BCUT2D eigenvalue weighted by Crippen LogP contribution is 2.03. The van der Waals surface area contributed by atoms with Crippen LogP contribution in [0.25, 0.3) is 0 Å². The molecule has 3 nitrogen and oxygen atoms in total. The predicted octanol–water partition coefficient (Wildman–Crippen LogP) is 0.594. The molecule has 0 unspecified atom stereocenters. The van der Waals surface area contributed by atoms with Crippen molar-refractivity contribution < 1.29 is 0 Å². The smallest absolute Gasteiger partial charge is 0.104 e. The first kappa shape index (κ1) is 10.6. The third-order valence-corrected chi connectivity index (χ3v) is 3.14. The van der Waals surface area contributed by atoms with Crippen molar-refractivity contribution in [3.8, 4) is 11.8 Å². The molecule has 2 heterocycles. The Morgan fingerprint density at radius 3 is 3.00 bits per heavy atom. The zero-order valence-corrected chi connectivity index (χ0v) is 9.52. The molecule has 0 atom stereocenters. The van der Waals surface area contributed by atoms with Crippen LogP contribution < -0.4 is 5.32 Å². The predicted molar refractivity (Wildman–Crippen MR) is 62.9 cm³/mol. The van der Waals surface area contributed by atoms with Crippen molar-refractivity contribution in [1.29, 1.82) is 0 Å². The Bertz CT molecular complexity index is 330. The van der Waals surface area contributed by atoms with E-state index in [0.29, 0.717) is 0 Å². The van der Waals surface area contributed by atoms with E-state index in [-0.39, 0.29) is 0 Å². The first-order valence-corrected chi connectivity index (χ1v) is 6.10. The molecule has 1 aliphatic heterocycles. The van der Waals surface area contributed by atoms with Gasteiger partial charge in [0.1, 0.15) is 5.01 Å². The van der Waals surface area contributed by atoms with Crippen LogP contribution >= 0.6 is 11.3 Å². The second-order valence-corrected chi connectivity index (χ2v) is 4.46. The number of piperazine rings is 1. The van der Waals surface area contributed by atoms with E-state index in [9.17, 15) is 0 Å². The highest BCUT2D eigenvalue weighted by atomic mass is 32.1. The Morgan fingerprint density at radius 2 is 2.27 bits per heavy atom. The van der Waals surface area contributed by atoms with Gasteiger partial charge in [-0.3, -0.25) is 4.90 Å². The quantitative estimate of drug-likeness (QED) is 0.741. The van der Waals surface area contributed by atoms with Crippen molar-refractivity contribution in [2.45, 2.75) is 6.42 Å². The number of nitrogens with one attached hydrogen (secondary N) is 1. The highest BCUT2D eigenvalue weighted by molar-refractivity contribution is 7.09. The van der Waals surface area contributed by atoms with Crippen LogP contribution in [0, 0.1) is 11.8 Å². The van der Waals surface area contributed by atoms with E-state index in [1.54, 1.807) is 11.3 Å². The number of nitrogens with zero attached hydrogens (tertiary/aromatic N) is 2. The average molecular weight is 221 g/mol. The zero-order chi connectivity index (χ0) is 10.3. The molecule has 1 aromatic heterocycles. The fourth-order valence-corrected chi connectivity index (χ4v) is 2.07. The minimum atomic E-state index is 0.795. The van der Waals surface area contributed by atoms with Crippen LogP contribution in [-0.4, -0.2) is 42.6 Å². The van der Waals surface area contributed by atoms with Crippen molar-refractivity contribution in [3.63, 3.8) is 0 Å². The zero-order valence-electron chi connectivity index (χ0n) is 8.70. The lowest BCUT2D eigenvalue weighted by atomic mass is 10.3. The van der Waals surface area contributed by atoms with Gasteiger partial charge in [0.15, 0.2) is 0 Å². The van der Waals surface area contributed by atoms with Gasteiger partial charge in [-0.25, -0.2) is 4.98 Å². The first-order valence-electron chi connectivity index (χ1n) is 5.22. The van der Waals surface area contributed by atoms with Gasteiger partial charge in [0.2, 0.25) is 0 Å². The molecule has 15 heavy (non-hydrogen) atoms. The average Bonchev–Trinajstić information content (AvgIpc) is 2.79. The summed E-state index contributed by atoms with van der Waals surface area (Å²) in [5.41, 5.74) is 0. The van der Waals surface area contributed by atoms with Gasteiger partial charge in [0.05, 0.1) is 13.0 Å². The Kier molecular flexibility index (Phi) is 4.15. The fraction of sp³-hybridized carbons (Fsp3) is 0.545. The molecule has 80 valence electrons. The summed E-state index contributed by atoms with van der Waals surface area (Å²) in [5, 5.41) is 6.44. The Labute approximate surface area is 94.5 Å². The van der Waals surface area contributed by atoms with Gasteiger partial charge in [-0.15, -0.1) is 11.3 Å². The van der Waals surface area contributed by atoms with Gasteiger partial charge in [-0.05, 0) is 0 Å². The van der Waals surface area contributed by atoms with E-state index >= 15 is 0 Å². The Morgan fingerprint density at radius 1 is 1.40 bits per heavy atom. The molecule has 1 fully saturated rings. The number of rotatable bonds is 2. The van der Waals surface area contributed by atoms with Crippen LogP contribution in [0.1, 0.15) is 5.01 Å². The van der Waals surface area contributed by atoms with Gasteiger partial charge in [0, 0.05) is 37.8 Å². The second kappa shape index (κ2) is 5.86. The SMILES string of the molecule is C(#CCN1CCNCC1)Cc1nccs1. The largest absolute Gasteiger partial charge is 0.314 e. The van der Waals surface area contributed by atoms with E-state index in [0.717, 1.165) is 44.2 Å². The third kappa shape index (κ3) is 3.63. The molecule has 0 radical (unpaired) electrons. The second-order valence-electron chi connectivity index (χ2n) is 3.48. The molecular weight excluding hydrogens is 206 g/mol. The molecule has 0 bridgehead atoms. The molecule has 1 N–H and O–H groups in total. The molecule has 1 saturated heterocycles. The molecule has 0 aliphatic carbocycles. The van der Waals surface area contributed by atoms with E-state index in [2.05, 4.69) is 27.0 Å². The molecular formula is C11H15N3S. The van der Waals surface area contributed by atoms with Crippen LogP contribution in [0.5, 0.6) is 0 Å². The molecule has 4 heteroatoms. The van der Waals surface area contributed by atoms with Crippen LogP contribution in [0.3, 0.4) is 0 Å². The maximum atomic E-state index is 4.19. The lowest BCUT2D eigenvalue weighted by Crippen LogP contribution is -2.43. The van der Waals surface area contributed by atoms with E-state index in [1.807, 2.05) is 11.6 Å². The van der Waals surface area contributed by atoms with E-state index in [1.165, 1.54) is 0 Å². The maximum absolute atomic E-state index is 4.19. The van der Waals surface area contributed by atoms with Gasteiger partial charge in [-0.2, -0.15) is 0 Å². The van der Waals surface area contributed by atoms with Crippen molar-refractivity contribution >= 4 is 11.3 Å². The van der Waals surface area contributed by atoms with Gasteiger partial charge in [0.25, 0.3) is 0 Å². The number of thiazole rings is 1. The standard InChI is InChI=1S/C11H15N3S/c1(3-11-13-6-10-15-11)2-7-14-8-4-12-5-9-14/h6,10,12H,3-5,7-9H2.